The molecule has 96 valence electrons. The van der Waals surface area contributed by atoms with Gasteiger partial charge in [0.2, 0.25) is 5.91 Å². The molecule has 0 aliphatic carbocycles. The minimum Gasteiger partial charge on any atom is -0.379 e. The molecular formula is C13H22N2O2. The lowest BCUT2D eigenvalue weighted by atomic mass is 9.94. The Labute approximate surface area is 103 Å². The van der Waals surface area contributed by atoms with Gasteiger partial charge in [-0.05, 0) is 24.8 Å². The molecule has 0 radical (unpaired) electrons. The Bertz CT molecular complexity index is 332. The zero-order valence-electron chi connectivity index (χ0n) is 11.0. The number of nitrogens with zero attached hydrogens (tertiary/aromatic N) is 1. The molecule has 1 amide bonds. The van der Waals surface area contributed by atoms with Crippen LogP contribution in [-0.2, 0) is 9.53 Å². The summed E-state index contributed by atoms with van der Waals surface area (Å²) < 4.78 is 5.44. The lowest BCUT2D eigenvalue weighted by molar-refractivity contribution is -0.132. The van der Waals surface area contributed by atoms with Gasteiger partial charge in [0.25, 0.3) is 0 Å². The molecule has 0 aromatic rings. The summed E-state index contributed by atoms with van der Waals surface area (Å²) in [5, 5.41) is 3.17. The second-order valence-corrected chi connectivity index (χ2v) is 5.12. The van der Waals surface area contributed by atoms with Crippen LogP contribution in [0.4, 0.5) is 0 Å². The zero-order chi connectivity index (χ0) is 12.4. The van der Waals surface area contributed by atoms with Gasteiger partial charge >= 0.3 is 0 Å². The predicted octanol–water partition coefficient (Wildman–Crippen LogP) is 0.789. The standard InChI is InChI=1S/C13H22N2O2/c1-9-4-5-15(8-12(9)17-3)13(16)10(2)11-6-14-7-11/h9,12,14H,4-8H2,1-3H3. The quantitative estimate of drug-likeness (QED) is 0.723. The van der Waals surface area contributed by atoms with Crippen LogP contribution >= 0.6 is 0 Å². The number of hydrogen-bond donors (Lipinski definition) is 1. The third kappa shape index (κ3) is 2.53. The Morgan fingerprint density at radius 1 is 1.47 bits per heavy atom. The molecule has 2 fully saturated rings. The number of carbonyl (C=O) groups excluding carboxylic acids is 1. The molecule has 0 spiro atoms. The van der Waals surface area contributed by atoms with E-state index in [1.54, 1.807) is 7.11 Å². The molecule has 0 aromatic heterocycles. The topological polar surface area (TPSA) is 41.6 Å². The summed E-state index contributed by atoms with van der Waals surface area (Å²) in [6.45, 7) is 7.47. The number of amides is 1. The number of hydrogen-bond acceptors (Lipinski definition) is 3. The molecule has 2 saturated heterocycles. The predicted molar refractivity (Wildman–Crippen MR) is 66.7 cm³/mol. The van der Waals surface area contributed by atoms with Gasteiger partial charge in [0, 0.05) is 38.9 Å². The van der Waals surface area contributed by atoms with Crippen molar-refractivity contribution in [1.29, 1.82) is 0 Å². The highest BCUT2D eigenvalue weighted by molar-refractivity contribution is 5.94. The van der Waals surface area contributed by atoms with Crippen molar-refractivity contribution >= 4 is 5.91 Å². The summed E-state index contributed by atoms with van der Waals surface area (Å²) in [4.78, 5) is 14.2. The van der Waals surface area contributed by atoms with Gasteiger partial charge in [-0.2, -0.15) is 0 Å². The molecule has 2 heterocycles. The molecule has 4 nitrogen and oxygen atoms in total. The van der Waals surface area contributed by atoms with Crippen molar-refractivity contribution < 1.29 is 9.53 Å². The molecule has 2 rings (SSSR count). The Kier molecular flexibility index (Phi) is 3.84. The third-order valence-corrected chi connectivity index (χ3v) is 4.01. The Morgan fingerprint density at radius 3 is 2.71 bits per heavy atom. The van der Waals surface area contributed by atoms with Gasteiger partial charge < -0.3 is 15.0 Å². The maximum Gasteiger partial charge on any atom is 0.249 e. The van der Waals surface area contributed by atoms with Gasteiger partial charge in [-0.15, -0.1) is 0 Å². The van der Waals surface area contributed by atoms with Crippen LogP contribution in [0.1, 0.15) is 20.3 Å². The lowest BCUT2D eigenvalue weighted by Gasteiger charge is -2.37. The molecule has 2 aliphatic rings. The molecule has 0 bridgehead atoms. The number of ether oxygens (including phenoxy) is 1. The van der Waals surface area contributed by atoms with Crippen LogP contribution in [0, 0.1) is 5.92 Å². The Balaban J connectivity index is 2.00. The number of nitrogens with one attached hydrogen (secondary N) is 1. The summed E-state index contributed by atoms with van der Waals surface area (Å²) in [5.74, 6) is 0.734. The maximum atomic E-state index is 12.3. The van der Waals surface area contributed by atoms with Crippen molar-refractivity contribution in [3.63, 3.8) is 0 Å². The van der Waals surface area contributed by atoms with E-state index in [0.29, 0.717) is 5.92 Å². The first-order valence-corrected chi connectivity index (χ1v) is 6.35. The van der Waals surface area contributed by atoms with Crippen LogP contribution in [0.5, 0.6) is 0 Å². The van der Waals surface area contributed by atoms with Gasteiger partial charge in [-0.3, -0.25) is 4.79 Å². The van der Waals surface area contributed by atoms with Crippen molar-refractivity contribution in [1.82, 2.24) is 10.2 Å². The lowest BCUT2D eigenvalue weighted by Crippen LogP contribution is -2.48. The van der Waals surface area contributed by atoms with E-state index in [0.717, 1.165) is 38.2 Å². The summed E-state index contributed by atoms with van der Waals surface area (Å²) in [5.41, 5.74) is 2.18. The number of rotatable bonds is 2. The second-order valence-electron chi connectivity index (χ2n) is 5.12. The van der Waals surface area contributed by atoms with E-state index < -0.39 is 0 Å². The largest absolute Gasteiger partial charge is 0.379 e. The zero-order valence-corrected chi connectivity index (χ0v) is 11.0. The van der Waals surface area contributed by atoms with Crippen molar-refractivity contribution in [2.75, 3.05) is 33.3 Å². The smallest absolute Gasteiger partial charge is 0.249 e. The van der Waals surface area contributed by atoms with Crippen molar-refractivity contribution in [2.45, 2.75) is 26.4 Å². The molecule has 17 heavy (non-hydrogen) atoms. The Morgan fingerprint density at radius 2 is 2.18 bits per heavy atom. The molecule has 2 aliphatic heterocycles. The van der Waals surface area contributed by atoms with E-state index in [4.69, 9.17) is 4.74 Å². The van der Waals surface area contributed by atoms with Gasteiger partial charge in [-0.1, -0.05) is 6.92 Å². The Hall–Kier alpha value is -0.870. The number of methoxy groups -OCH3 is 1. The fourth-order valence-corrected chi connectivity index (χ4v) is 2.43. The third-order valence-electron chi connectivity index (χ3n) is 4.01. The normalized spacial score (nSPS) is 28.9. The highest BCUT2D eigenvalue weighted by atomic mass is 16.5. The number of carbonyl (C=O) groups is 1. The van der Waals surface area contributed by atoms with E-state index in [2.05, 4.69) is 12.2 Å². The van der Waals surface area contributed by atoms with Crippen molar-refractivity contribution in [3.05, 3.63) is 11.1 Å². The van der Waals surface area contributed by atoms with Crippen molar-refractivity contribution in [2.24, 2.45) is 5.92 Å². The van der Waals surface area contributed by atoms with E-state index in [-0.39, 0.29) is 12.0 Å². The van der Waals surface area contributed by atoms with Crippen LogP contribution < -0.4 is 5.32 Å². The summed E-state index contributed by atoms with van der Waals surface area (Å²) in [6.07, 6.45) is 1.22. The van der Waals surface area contributed by atoms with Crippen LogP contribution in [0.3, 0.4) is 0 Å². The SMILES string of the molecule is COC1CN(C(=O)C(C)=C2CNC2)CCC1C. The summed E-state index contributed by atoms with van der Waals surface area (Å²) in [6, 6.07) is 0. The highest BCUT2D eigenvalue weighted by Gasteiger charge is 2.30. The summed E-state index contributed by atoms with van der Waals surface area (Å²) >= 11 is 0. The van der Waals surface area contributed by atoms with Gasteiger partial charge in [-0.25, -0.2) is 0 Å². The first-order chi connectivity index (χ1) is 8.13. The molecule has 0 saturated carbocycles. The van der Waals surface area contributed by atoms with Crippen LogP contribution in [0.15, 0.2) is 11.1 Å². The molecule has 4 heteroatoms. The van der Waals surface area contributed by atoms with E-state index in [1.807, 2.05) is 11.8 Å². The molecule has 2 unspecified atom stereocenters. The van der Waals surface area contributed by atoms with E-state index in [9.17, 15) is 4.79 Å². The van der Waals surface area contributed by atoms with Gasteiger partial charge in [0.05, 0.1) is 6.10 Å². The number of piperidine rings is 1. The number of likely N-dealkylation sites (tertiary alicyclic amines) is 1. The summed E-state index contributed by atoms with van der Waals surface area (Å²) in [7, 11) is 1.73. The van der Waals surface area contributed by atoms with Crippen molar-refractivity contribution in [3.8, 4) is 0 Å². The monoisotopic (exact) mass is 238 g/mol. The first kappa shape index (κ1) is 12.6. The van der Waals surface area contributed by atoms with Crippen LogP contribution in [0.2, 0.25) is 0 Å². The van der Waals surface area contributed by atoms with Gasteiger partial charge in [0.1, 0.15) is 0 Å². The highest BCUT2D eigenvalue weighted by Crippen LogP contribution is 2.21. The van der Waals surface area contributed by atoms with E-state index >= 15 is 0 Å². The molecule has 1 N–H and O–H groups in total. The molecule has 0 aromatic carbocycles. The fraction of sp³-hybridized carbons (Fsp3) is 0.769. The maximum absolute atomic E-state index is 12.3. The minimum atomic E-state index is 0.185. The van der Waals surface area contributed by atoms with Crippen LogP contribution in [0.25, 0.3) is 0 Å². The minimum absolute atomic E-state index is 0.185. The van der Waals surface area contributed by atoms with Crippen LogP contribution in [-0.4, -0.2) is 50.2 Å². The van der Waals surface area contributed by atoms with E-state index in [1.165, 1.54) is 5.57 Å². The average Bonchev–Trinajstić information content (AvgIpc) is 2.26. The fourth-order valence-electron chi connectivity index (χ4n) is 2.43. The first-order valence-electron chi connectivity index (χ1n) is 6.35. The second kappa shape index (κ2) is 5.19. The van der Waals surface area contributed by atoms with Gasteiger partial charge in [0.15, 0.2) is 0 Å². The average molecular weight is 238 g/mol. The molecule has 2 atom stereocenters. The molecular weight excluding hydrogens is 216 g/mol.